The summed E-state index contributed by atoms with van der Waals surface area (Å²) in [5.74, 6) is 0.719. The average molecular weight is 272 g/mol. The molecule has 0 aromatic heterocycles. The number of methoxy groups -OCH3 is 1. The molecular weight excluding hydrogens is 263 g/mol. The SMILES string of the molecule is COc1c(Cl)ccc2cccc(Br)c12. The molecule has 0 saturated heterocycles. The second kappa shape index (κ2) is 3.79. The van der Waals surface area contributed by atoms with Crippen molar-refractivity contribution in [3.63, 3.8) is 0 Å². The van der Waals surface area contributed by atoms with Crippen molar-refractivity contribution in [3.05, 3.63) is 39.8 Å². The molecule has 0 fully saturated rings. The lowest BCUT2D eigenvalue weighted by Gasteiger charge is -2.08. The van der Waals surface area contributed by atoms with Crippen LogP contribution >= 0.6 is 27.5 Å². The maximum atomic E-state index is 6.03. The van der Waals surface area contributed by atoms with E-state index in [4.69, 9.17) is 16.3 Å². The summed E-state index contributed by atoms with van der Waals surface area (Å²) in [5.41, 5.74) is 0. The van der Waals surface area contributed by atoms with Crippen LogP contribution in [0.4, 0.5) is 0 Å². The molecule has 0 bridgehead atoms. The Morgan fingerprint density at radius 3 is 2.71 bits per heavy atom. The Balaban J connectivity index is 2.91. The van der Waals surface area contributed by atoms with Gasteiger partial charge in [-0.25, -0.2) is 0 Å². The molecule has 0 unspecified atom stereocenters. The minimum atomic E-state index is 0.631. The van der Waals surface area contributed by atoms with Crippen molar-refractivity contribution in [2.45, 2.75) is 0 Å². The summed E-state index contributed by atoms with van der Waals surface area (Å²) in [7, 11) is 1.63. The predicted octanol–water partition coefficient (Wildman–Crippen LogP) is 4.26. The third kappa shape index (κ3) is 1.49. The third-order valence-electron chi connectivity index (χ3n) is 2.10. The van der Waals surface area contributed by atoms with Crippen molar-refractivity contribution in [2.24, 2.45) is 0 Å². The molecule has 0 spiro atoms. The van der Waals surface area contributed by atoms with Crippen LogP contribution in [0, 0.1) is 0 Å². The van der Waals surface area contributed by atoms with Crippen LogP contribution in [0.2, 0.25) is 5.02 Å². The number of rotatable bonds is 1. The lowest BCUT2D eigenvalue weighted by atomic mass is 10.1. The van der Waals surface area contributed by atoms with E-state index < -0.39 is 0 Å². The largest absolute Gasteiger partial charge is 0.494 e. The van der Waals surface area contributed by atoms with Gasteiger partial charge in [-0.15, -0.1) is 0 Å². The highest BCUT2D eigenvalue weighted by Crippen LogP contribution is 2.37. The molecule has 2 aromatic rings. The van der Waals surface area contributed by atoms with Gasteiger partial charge in [-0.2, -0.15) is 0 Å². The number of halogens is 2. The zero-order chi connectivity index (χ0) is 10.1. The Labute approximate surface area is 95.8 Å². The van der Waals surface area contributed by atoms with Crippen LogP contribution in [0.5, 0.6) is 5.75 Å². The third-order valence-corrected chi connectivity index (χ3v) is 3.06. The molecule has 0 atom stereocenters. The monoisotopic (exact) mass is 270 g/mol. The smallest absolute Gasteiger partial charge is 0.146 e. The maximum Gasteiger partial charge on any atom is 0.146 e. The van der Waals surface area contributed by atoms with Gasteiger partial charge in [0.1, 0.15) is 5.75 Å². The Hall–Kier alpha value is -0.730. The van der Waals surface area contributed by atoms with Crippen molar-refractivity contribution in [1.82, 2.24) is 0 Å². The second-order valence-corrected chi connectivity index (χ2v) is 4.18. The number of fused-ring (bicyclic) bond motifs is 1. The molecule has 0 radical (unpaired) electrons. The van der Waals surface area contributed by atoms with Crippen LogP contribution < -0.4 is 4.74 Å². The maximum absolute atomic E-state index is 6.03. The van der Waals surface area contributed by atoms with Gasteiger partial charge < -0.3 is 4.74 Å². The van der Waals surface area contributed by atoms with Gasteiger partial charge >= 0.3 is 0 Å². The molecule has 0 aliphatic heterocycles. The number of ether oxygens (including phenoxy) is 1. The Morgan fingerprint density at radius 2 is 2.00 bits per heavy atom. The van der Waals surface area contributed by atoms with Crippen LogP contribution in [-0.4, -0.2) is 7.11 Å². The lowest BCUT2D eigenvalue weighted by Crippen LogP contribution is -1.86. The summed E-state index contributed by atoms with van der Waals surface area (Å²) in [6.07, 6.45) is 0. The molecule has 0 N–H and O–H groups in total. The summed E-state index contributed by atoms with van der Waals surface area (Å²) < 4.78 is 6.27. The average Bonchev–Trinajstić information content (AvgIpc) is 2.19. The number of hydrogen-bond donors (Lipinski definition) is 0. The van der Waals surface area contributed by atoms with E-state index >= 15 is 0 Å². The molecule has 0 heterocycles. The van der Waals surface area contributed by atoms with E-state index in [1.54, 1.807) is 7.11 Å². The minimum absolute atomic E-state index is 0.631. The highest BCUT2D eigenvalue weighted by molar-refractivity contribution is 9.10. The van der Waals surface area contributed by atoms with Crippen LogP contribution in [-0.2, 0) is 0 Å². The van der Waals surface area contributed by atoms with Gasteiger partial charge in [0.25, 0.3) is 0 Å². The van der Waals surface area contributed by atoms with Crippen molar-refractivity contribution in [2.75, 3.05) is 7.11 Å². The predicted molar refractivity (Wildman–Crippen MR) is 63.2 cm³/mol. The number of hydrogen-bond acceptors (Lipinski definition) is 1. The summed E-state index contributed by atoms with van der Waals surface area (Å²) >= 11 is 9.51. The van der Waals surface area contributed by atoms with Gasteiger partial charge in [0.15, 0.2) is 0 Å². The quantitative estimate of drug-likeness (QED) is 0.753. The van der Waals surface area contributed by atoms with Crippen LogP contribution in [0.15, 0.2) is 34.8 Å². The van der Waals surface area contributed by atoms with Gasteiger partial charge in [0.2, 0.25) is 0 Å². The summed E-state index contributed by atoms with van der Waals surface area (Å²) in [6, 6.07) is 9.81. The van der Waals surface area contributed by atoms with Gasteiger partial charge in [-0.1, -0.05) is 45.7 Å². The summed E-state index contributed by atoms with van der Waals surface area (Å²) in [6.45, 7) is 0. The van der Waals surface area contributed by atoms with Crippen molar-refractivity contribution in [1.29, 1.82) is 0 Å². The molecule has 2 rings (SSSR count). The van der Waals surface area contributed by atoms with E-state index in [0.29, 0.717) is 5.02 Å². The molecule has 0 amide bonds. The molecule has 0 saturated carbocycles. The normalized spacial score (nSPS) is 10.5. The second-order valence-electron chi connectivity index (χ2n) is 2.92. The summed E-state index contributed by atoms with van der Waals surface area (Å²) in [5, 5.41) is 2.76. The fourth-order valence-corrected chi connectivity index (χ4v) is 2.27. The Kier molecular flexibility index (Phi) is 2.66. The molecule has 2 aromatic carbocycles. The van der Waals surface area contributed by atoms with Gasteiger partial charge in [0.05, 0.1) is 12.1 Å². The molecule has 0 aliphatic rings. The van der Waals surface area contributed by atoms with E-state index in [1.807, 2.05) is 30.3 Å². The van der Waals surface area contributed by atoms with Crippen LogP contribution in [0.1, 0.15) is 0 Å². The van der Waals surface area contributed by atoms with Crippen molar-refractivity contribution >= 4 is 38.3 Å². The summed E-state index contributed by atoms with van der Waals surface area (Å²) in [4.78, 5) is 0. The molecular formula is C11H8BrClO. The first-order chi connectivity index (χ1) is 6.74. The van der Waals surface area contributed by atoms with E-state index in [9.17, 15) is 0 Å². The minimum Gasteiger partial charge on any atom is -0.494 e. The molecule has 72 valence electrons. The number of benzene rings is 2. The standard InChI is InChI=1S/C11H8BrClO/c1-14-11-9(13)6-5-7-3-2-4-8(12)10(7)11/h2-6H,1H3. The van der Waals surface area contributed by atoms with Gasteiger partial charge in [-0.3, -0.25) is 0 Å². The van der Waals surface area contributed by atoms with E-state index in [0.717, 1.165) is 21.0 Å². The van der Waals surface area contributed by atoms with Gasteiger partial charge in [0, 0.05) is 9.86 Å². The highest BCUT2D eigenvalue weighted by Gasteiger charge is 2.08. The molecule has 1 nitrogen and oxygen atoms in total. The lowest BCUT2D eigenvalue weighted by molar-refractivity contribution is 0.420. The first kappa shape index (κ1) is 9.81. The van der Waals surface area contributed by atoms with Crippen LogP contribution in [0.3, 0.4) is 0 Å². The van der Waals surface area contributed by atoms with E-state index in [-0.39, 0.29) is 0 Å². The zero-order valence-electron chi connectivity index (χ0n) is 7.55. The van der Waals surface area contributed by atoms with Crippen LogP contribution in [0.25, 0.3) is 10.8 Å². The zero-order valence-corrected chi connectivity index (χ0v) is 9.89. The first-order valence-electron chi connectivity index (χ1n) is 4.15. The van der Waals surface area contributed by atoms with Gasteiger partial charge in [-0.05, 0) is 17.5 Å². The first-order valence-corrected chi connectivity index (χ1v) is 5.32. The van der Waals surface area contributed by atoms with Crippen molar-refractivity contribution in [3.8, 4) is 5.75 Å². The van der Waals surface area contributed by atoms with E-state index in [2.05, 4.69) is 15.9 Å². The van der Waals surface area contributed by atoms with Crippen molar-refractivity contribution < 1.29 is 4.74 Å². The molecule has 14 heavy (non-hydrogen) atoms. The highest BCUT2D eigenvalue weighted by atomic mass is 79.9. The Bertz CT molecular complexity index is 482. The fraction of sp³-hybridized carbons (Fsp3) is 0.0909. The molecule has 0 aliphatic carbocycles. The van der Waals surface area contributed by atoms with E-state index in [1.165, 1.54) is 0 Å². The topological polar surface area (TPSA) is 9.23 Å². The molecule has 3 heteroatoms. The Morgan fingerprint density at radius 1 is 1.21 bits per heavy atom. The fourth-order valence-electron chi connectivity index (χ4n) is 1.48.